The van der Waals surface area contributed by atoms with Crippen LogP contribution in [-0.4, -0.2) is 9.97 Å². The number of hydrogen-bond donors (Lipinski definition) is 0. The van der Waals surface area contributed by atoms with Gasteiger partial charge in [-0.3, -0.25) is 9.97 Å². The molecule has 0 amide bonds. The van der Waals surface area contributed by atoms with Crippen LogP contribution in [0.2, 0.25) is 0 Å². The quantitative estimate of drug-likeness (QED) is 0.460. The Kier molecular flexibility index (Phi) is 3.70. The lowest BCUT2D eigenvalue weighted by Crippen LogP contribution is -1.81. The molecule has 0 aliphatic rings. The number of hydrogen-bond acceptors (Lipinski definition) is 4. The van der Waals surface area contributed by atoms with Crippen molar-refractivity contribution in [3.8, 4) is 0 Å². The molecule has 0 fully saturated rings. The van der Waals surface area contributed by atoms with Crippen LogP contribution in [-0.2, 0) is 0 Å². The number of rotatable bonds is 3. The van der Waals surface area contributed by atoms with Crippen molar-refractivity contribution in [3.05, 3.63) is 73.1 Å². The van der Waals surface area contributed by atoms with Crippen LogP contribution >= 0.6 is 21.6 Å². The molecule has 2 nitrogen and oxygen atoms in total. The summed E-state index contributed by atoms with van der Waals surface area (Å²) >= 11 is 0. The lowest BCUT2D eigenvalue weighted by atomic mass is 10.2. The van der Waals surface area contributed by atoms with Crippen LogP contribution in [0.5, 0.6) is 0 Å². The SMILES string of the molecule is c1cc(SSc2cccc3ncccc23)c2cccnc2c1. The monoisotopic (exact) mass is 320 g/mol. The molecule has 0 aliphatic heterocycles. The van der Waals surface area contributed by atoms with Crippen molar-refractivity contribution in [2.75, 3.05) is 0 Å². The molecule has 4 heteroatoms. The zero-order valence-electron chi connectivity index (χ0n) is 11.6. The first-order chi connectivity index (χ1) is 10.9. The minimum Gasteiger partial charge on any atom is -0.256 e. The fraction of sp³-hybridized carbons (Fsp3) is 0. The molecule has 0 radical (unpaired) electrons. The Morgan fingerprint density at radius 2 is 1.05 bits per heavy atom. The van der Waals surface area contributed by atoms with Crippen LogP contribution in [0.1, 0.15) is 0 Å². The number of nitrogens with zero attached hydrogens (tertiary/aromatic N) is 2. The number of fused-ring (bicyclic) bond motifs is 2. The maximum Gasteiger partial charge on any atom is 0.0713 e. The van der Waals surface area contributed by atoms with E-state index in [4.69, 9.17) is 0 Å². The van der Waals surface area contributed by atoms with Crippen LogP contribution in [0.25, 0.3) is 21.8 Å². The molecule has 0 saturated carbocycles. The summed E-state index contributed by atoms with van der Waals surface area (Å²) in [7, 11) is 3.53. The Labute approximate surface area is 136 Å². The summed E-state index contributed by atoms with van der Waals surface area (Å²) in [4.78, 5) is 11.3. The standard InChI is InChI=1S/C18H12N2S2/c1-7-15-13(5-3-11-19-15)17(9-1)21-22-18-10-2-8-16-14(18)6-4-12-20-16/h1-12H. The summed E-state index contributed by atoms with van der Waals surface area (Å²) in [5.74, 6) is 0. The van der Waals surface area contributed by atoms with Gasteiger partial charge in [-0.2, -0.15) is 0 Å². The molecule has 2 heterocycles. The van der Waals surface area contributed by atoms with E-state index >= 15 is 0 Å². The van der Waals surface area contributed by atoms with E-state index in [1.54, 1.807) is 21.6 Å². The molecule has 0 aliphatic carbocycles. The molecular formula is C18H12N2S2. The highest BCUT2D eigenvalue weighted by molar-refractivity contribution is 8.76. The summed E-state index contributed by atoms with van der Waals surface area (Å²) in [6.45, 7) is 0. The number of aromatic nitrogens is 2. The zero-order chi connectivity index (χ0) is 14.8. The lowest BCUT2D eigenvalue weighted by Gasteiger charge is -2.07. The van der Waals surface area contributed by atoms with E-state index in [9.17, 15) is 0 Å². The summed E-state index contributed by atoms with van der Waals surface area (Å²) < 4.78 is 0. The highest BCUT2D eigenvalue weighted by atomic mass is 33.1. The number of pyridine rings is 2. The molecular weight excluding hydrogens is 308 g/mol. The zero-order valence-corrected chi connectivity index (χ0v) is 13.3. The number of benzene rings is 2. The van der Waals surface area contributed by atoms with Gasteiger partial charge in [-0.15, -0.1) is 0 Å². The molecule has 0 unspecified atom stereocenters. The van der Waals surface area contributed by atoms with Crippen LogP contribution in [0, 0.1) is 0 Å². The smallest absolute Gasteiger partial charge is 0.0713 e. The molecule has 0 saturated heterocycles. The van der Waals surface area contributed by atoms with E-state index in [-0.39, 0.29) is 0 Å². The Hall–Kier alpha value is -2.04. The Bertz CT molecular complexity index is 864. The first-order valence-corrected chi connectivity index (χ1v) is 9.09. The first-order valence-electron chi connectivity index (χ1n) is 6.94. The Balaban J connectivity index is 1.69. The van der Waals surface area contributed by atoms with E-state index in [1.165, 1.54) is 20.6 Å². The summed E-state index contributed by atoms with van der Waals surface area (Å²) in [5.41, 5.74) is 2.07. The van der Waals surface area contributed by atoms with Gasteiger partial charge < -0.3 is 0 Å². The largest absolute Gasteiger partial charge is 0.256 e. The van der Waals surface area contributed by atoms with Crippen LogP contribution in [0.4, 0.5) is 0 Å². The van der Waals surface area contributed by atoms with Crippen molar-refractivity contribution in [3.63, 3.8) is 0 Å². The minimum atomic E-state index is 1.03. The van der Waals surface area contributed by atoms with Gasteiger partial charge in [-0.25, -0.2) is 0 Å². The van der Waals surface area contributed by atoms with Gasteiger partial charge in [0.25, 0.3) is 0 Å². The van der Waals surface area contributed by atoms with E-state index in [1.807, 2.05) is 36.7 Å². The summed E-state index contributed by atoms with van der Waals surface area (Å²) in [5, 5.41) is 2.39. The average Bonchev–Trinajstić information content (AvgIpc) is 2.60. The molecule has 0 bridgehead atoms. The van der Waals surface area contributed by atoms with Gasteiger partial charge in [-0.05, 0) is 36.4 Å². The van der Waals surface area contributed by atoms with E-state index < -0.39 is 0 Å². The highest BCUT2D eigenvalue weighted by Gasteiger charge is 2.06. The van der Waals surface area contributed by atoms with Crippen molar-refractivity contribution in [1.82, 2.24) is 9.97 Å². The van der Waals surface area contributed by atoms with Crippen molar-refractivity contribution in [2.45, 2.75) is 9.79 Å². The second kappa shape index (κ2) is 5.99. The molecule has 2 aromatic heterocycles. The molecule has 0 spiro atoms. The van der Waals surface area contributed by atoms with Gasteiger partial charge in [-0.1, -0.05) is 45.9 Å². The first kappa shape index (κ1) is 13.6. The minimum absolute atomic E-state index is 1.03. The third-order valence-corrected chi connectivity index (χ3v) is 5.91. The second-order valence-corrected chi connectivity index (χ2v) is 7.03. The summed E-state index contributed by atoms with van der Waals surface area (Å²) in [6, 6.07) is 20.7. The van der Waals surface area contributed by atoms with E-state index in [0.29, 0.717) is 0 Å². The molecule has 2 aromatic carbocycles. The molecule has 4 rings (SSSR count). The third kappa shape index (κ3) is 2.56. The topological polar surface area (TPSA) is 25.8 Å². The van der Waals surface area contributed by atoms with Crippen molar-refractivity contribution in [2.24, 2.45) is 0 Å². The van der Waals surface area contributed by atoms with Gasteiger partial charge in [0.05, 0.1) is 11.0 Å². The summed E-state index contributed by atoms with van der Waals surface area (Å²) in [6.07, 6.45) is 3.67. The Morgan fingerprint density at radius 1 is 0.545 bits per heavy atom. The molecule has 22 heavy (non-hydrogen) atoms. The van der Waals surface area contributed by atoms with Crippen LogP contribution in [0.3, 0.4) is 0 Å². The molecule has 106 valence electrons. The van der Waals surface area contributed by atoms with Crippen molar-refractivity contribution >= 4 is 43.4 Å². The maximum absolute atomic E-state index is 4.41. The molecule has 0 N–H and O–H groups in total. The molecule has 4 aromatic rings. The fourth-order valence-corrected chi connectivity index (χ4v) is 4.77. The van der Waals surface area contributed by atoms with Gasteiger partial charge in [0.15, 0.2) is 0 Å². The van der Waals surface area contributed by atoms with Crippen molar-refractivity contribution < 1.29 is 0 Å². The van der Waals surface area contributed by atoms with Gasteiger partial charge in [0.1, 0.15) is 0 Å². The van der Waals surface area contributed by atoms with E-state index in [0.717, 1.165) is 11.0 Å². The predicted molar refractivity (Wildman–Crippen MR) is 95.2 cm³/mol. The Morgan fingerprint density at radius 3 is 1.55 bits per heavy atom. The van der Waals surface area contributed by atoms with E-state index in [2.05, 4.69) is 46.4 Å². The lowest BCUT2D eigenvalue weighted by molar-refractivity contribution is 1.38. The van der Waals surface area contributed by atoms with Gasteiger partial charge >= 0.3 is 0 Å². The van der Waals surface area contributed by atoms with Crippen molar-refractivity contribution in [1.29, 1.82) is 0 Å². The fourth-order valence-electron chi connectivity index (χ4n) is 2.39. The predicted octanol–water partition coefficient (Wildman–Crippen LogP) is 5.58. The molecule has 0 atom stereocenters. The third-order valence-electron chi connectivity index (χ3n) is 3.43. The maximum atomic E-state index is 4.41. The average molecular weight is 320 g/mol. The van der Waals surface area contributed by atoms with Gasteiger partial charge in [0.2, 0.25) is 0 Å². The highest BCUT2D eigenvalue weighted by Crippen LogP contribution is 2.42. The van der Waals surface area contributed by atoms with Crippen LogP contribution in [0.15, 0.2) is 82.8 Å². The second-order valence-electron chi connectivity index (χ2n) is 4.82. The van der Waals surface area contributed by atoms with Crippen LogP contribution < -0.4 is 0 Å². The van der Waals surface area contributed by atoms with Gasteiger partial charge in [0, 0.05) is 33.0 Å². The normalized spacial score (nSPS) is 11.1.